The van der Waals surface area contributed by atoms with E-state index in [1.165, 1.54) is 0 Å². The number of ether oxygens (including phenoxy) is 1. The first-order valence-electron chi connectivity index (χ1n) is 6.92. The van der Waals surface area contributed by atoms with E-state index in [0.29, 0.717) is 0 Å². The molecule has 2 aliphatic heterocycles. The van der Waals surface area contributed by atoms with E-state index >= 15 is 0 Å². The van der Waals surface area contributed by atoms with Crippen molar-refractivity contribution in [1.82, 2.24) is 9.80 Å². The van der Waals surface area contributed by atoms with Gasteiger partial charge in [-0.2, -0.15) is 0 Å². The van der Waals surface area contributed by atoms with Crippen molar-refractivity contribution in [3.63, 3.8) is 0 Å². The van der Waals surface area contributed by atoms with E-state index in [-0.39, 0.29) is 18.1 Å². The molecule has 0 saturated carbocycles. The van der Waals surface area contributed by atoms with Crippen LogP contribution in [0.1, 0.15) is 20.3 Å². The summed E-state index contributed by atoms with van der Waals surface area (Å²) in [5.41, 5.74) is 0. The minimum atomic E-state index is -0.662. The fraction of sp³-hybridized carbons (Fsp3) is 0.923. The predicted molar refractivity (Wildman–Crippen MR) is 68.6 cm³/mol. The van der Waals surface area contributed by atoms with Crippen LogP contribution in [0.5, 0.6) is 0 Å². The third-order valence-corrected chi connectivity index (χ3v) is 4.31. The van der Waals surface area contributed by atoms with Gasteiger partial charge in [-0.15, -0.1) is 0 Å². The van der Waals surface area contributed by atoms with Crippen LogP contribution in [0.3, 0.4) is 0 Å². The van der Waals surface area contributed by atoms with Gasteiger partial charge in [0.15, 0.2) is 0 Å². The van der Waals surface area contributed by atoms with Crippen LogP contribution in [-0.4, -0.2) is 72.4 Å². The molecule has 3 unspecified atom stereocenters. The predicted octanol–water partition coefficient (Wildman–Crippen LogP) is 0.502. The molecule has 5 heteroatoms. The van der Waals surface area contributed by atoms with Crippen LogP contribution < -0.4 is 0 Å². The van der Waals surface area contributed by atoms with Gasteiger partial charge in [-0.1, -0.05) is 6.92 Å². The molecule has 0 radical (unpaired) electrons. The molecule has 2 aliphatic rings. The van der Waals surface area contributed by atoms with Gasteiger partial charge in [-0.3, -0.25) is 14.6 Å². The molecule has 0 amide bonds. The van der Waals surface area contributed by atoms with Gasteiger partial charge in [0.25, 0.3) is 0 Å². The van der Waals surface area contributed by atoms with Gasteiger partial charge in [0.2, 0.25) is 0 Å². The Morgan fingerprint density at radius 2 is 2.22 bits per heavy atom. The lowest BCUT2D eigenvalue weighted by Gasteiger charge is -2.35. The van der Waals surface area contributed by atoms with Gasteiger partial charge < -0.3 is 9.84 Å². The van der Waals surface area contributed by atoms with Crippen molar-refractivity contribution >= 4 is 5.97 Å². The molecule has 0 aromatic carbocycles. The fourth-order valence-electron chi connectivity index (χ4n) is 3.03. The SMILES string of the molecule is CCN1CCOC(CN2CCC(C(=O)O)C2C)C1. The smallest absolute Gasteiger partial charge is 0.308 e. The highest BCUT2D eigenvalue weighted by Crippen LogP contribution is 2.25. The Morgan fingerprint density at radius 3 is 2.83 bits per heavy atom. The zero-order valence-corrected chi connectivity index (χ0v) is 11.3. The summed E-state index contributed by atoms with van der Waals surface area (Å²) in [6.07, 6.45) is 0.995. The number of carbonyl (C=O) groups is 1. The van der Waals surface area contributed by atoms with Crippen molar-refractivity contribution in [1.29, 1.82) is 0 Å². The van der Waals surface area contributed by atoms with Gasteiger partial charge >= 0.3 is 5.97 Å². The topological polar surface area (TPSA) is 53.0 Å². The van der Waals surface area contributed by atoms with Crippen LogP contribution in [0.25, 0.3) is 0 Å². The van der Waals surface area contributed by atoms with E-state index in [4.69, 9.17) is 9.84 Å². The normalized spacial score (nSPS) is 34.9. The third kappa shape index (κ3) is 3.02. The highest BCUT2D eigenvalue weighted by atomic mass is 16.5. The lowest BCUT2D eigenvalue weighted by Crippen LogP contribution is -2.48. The monoisotopic (exact) mass is 256 g/mol. The summed E-state index contributed by atoms with van der Waals surface area (Å²) in [5, 5.41) is 9.12. The van der Waals surface area contributed by atoms with Gasteiger partial charge in [0.05, 0.1) is 18.6 Å². The highest BCUT2D eigenvalue weighted by molar-refractivity contribution is 5.71. The molecule has 3 atom stereocenters. The van der Waals surface area contributed by atoms with Crippen molar-refractivity contribution < 1.29 is 14.6 Å². The fourth-order valence-corrected chi connectivity index (χ4v) is 3.03. The zero-order chi connectivity index (χ0) is 13.1. The average molecular weight is 256 g/mol. The molecule has 18 heavy (non-hydrogen) atoms. The second-order valence-electron chi connectivity index (χ2n) is 5.35. The molecule has 2 rings (SSSR count). The number of rotatable bonds is 4. The number of hydrogen-bond donors (Lipinski definition) is 1. The number of hydrogen-bond acceptors (Lipinski definition) is 4. The maximum Gasteiger partial charge on any atom is 0.308 e. The van der Waals surface area contributed by atoms with Crippen LogP contribution in [0.4, 0.5) is 0 Å². The van der Waals surface area contributed by atoms with Crippen molar-refractivity contribution in [3.05, 3.63) is 0 Å². The minimum Gasteiger partial charge on any atom is -0.481 e. The molecule has 0 bridgehead atoms. The lowest BCUT2D eigenvalue weighted by atomic mass is 10.0. The van der Waals surface area contributed by atoms with E-state index in [2.05, 4.69) is 16.7 Å². The average Bonchev–Trinajstić information content (AvgIpc) is 2.71. The van der Waals surface area contributed by atoms with Gasteiger partial charge in [-0.05, 0) is 26.4 Å². The molecule has 0 aromatic heterocycles. The van der Waals surface area contributed by atoms with Crippen LogP contribution in [-0.2, 0) is 9.53 Å². The zero-order valence-electron chi connectivity index (χ0n) is 11.3. The first kappa shape index (κ1) is 13.8. The van der Waals surface area contributed by atoms with Crippen molar-refractivity contribution in [2.24, 2.45) is 5.92 Å². The van der Waals surface area contributed by atoms with Crippen LogP contribution in [0.2, 0.25) is 0 Å². The molecule has 1 N–H and O–H groups in total. The first-order valence-corrected chi connectivity index (χ1v) is 6.92. The Labute approximate surface area is 109 Å². The standard InChI is InChI=1S/C13H24N2O3/c1-3-14-6-7-18-11(8-14)9-15-5-4-12(10(15)2)13(16)17/h10-12H,3-9H2,1-2H3,(H,16,17). The van der Waals surface area contributed by atoms with Gasteiger partial charge in [0, 0.05) is 25.7 Å². The molecule has 2 heterocycles. The largest absolute Gasteiger partial charge is 0.481 e. The summed E-state index contributed by atoms with van der Waals surface area (Å²) < 4.78 is 5.79. The molecule has 2 saturated heterocycles. The third-order valence-electron chi connectivity index (χ3n) is 4.31. The Morgan fingerprint density at radius 1 is 1.44 bits per heavy atom. The van der Waals surface area contributed by atoms with Crippen LogP contribution in [0, 0.1) is 5.92 Å². The summed E-state index contributed by atoms with van der Waals surface area (Å²) in [4.78, 5) is 15.7. The van der Waals surface area contributed by atoms with Crippen LogP contribution >= 0.6 is 0 Å². The van der Waals surface area contributed by atoms with Crippen molar-refractivity contribution in [3.8, 4) is 0 Å². The first-order chi connectivity index (χ1) is 8.61. The van der Waals surface area contributed by atoms with Crippen LogP contribution in [0.15, 0.2) is 0 Å². The summed E-state index contributed by atoms with van der Waals surface area (Å²) >= 11 is 0. The lowest BCUT2D eigenvalue weighted by molar-refractivity contribution is -0.142. The number of morpholine rings is 1. The number of likely N-dealkylation sites (N-methyl/N-ethyl adjacent to an activating group) is 1. The van der Waals surface area contributed by atoms with E-state index in [1.54, 1.807) is 0 Å². The summed E-state index contributed by atoms with van der Waals surface area (Å²) in [6, 6.07) is 0.128. The Hall–Kier alpha value is -0.650. The van der Waals surface area contributed by atoms with Gasteiger partial charge in [0.1, 0.15) is 0 Å². The van der Waals surface area contributed by atoms with Crippen molar-refractivity contribution in [2.45, 2.75) is 32.4 Å². The number of carboxylic acid groups (broad SMARTS) is 1. The van der Waals surface area contributed by atoms with E-state index in [9.17, 15) is 4.79 Å². The summed E-state index contributed by atoms with van der Waals surface area (Å²) in [6.45, 7) is 9.77. The summed E-state index contributed by atoms with van der Waals surface area (Å²) in [7, 11) is 0. The van der Waals surface area contributed by atoms with E-state index in [0.717, 1.165) is 45.8 Å². The second-order valence-corrected chi connectivity index (χ2v) is 5.35. The molecule has 5 nitrogen and oxygen atoms in total. The molecule has 0 aromatic rings. The quantitative estimate of drug-likeness (QED) is 0.794. The molecule has 0 spiro atoms. The molecule has 0 aliphatic carbocycles. The summed E-state index contributed by atoms with van der Waals surface area (Å²) in [5.74, 6) is -0.874. The Kier molecular flexibility index (Phi) is 4.59. The molecular formula is C13H24N2O3. The number of carboxylic acids is 1. The maximum absolute atomic E-state index is 11.1. The second kappa shape index (κ2) is 5.99. The number of aliphatic carboxylic acids is 1. The maximum atomic E-state index is 11.1. The van der Waals surface area contributed by atoms with E-state index in [1.807, 2.05) is 6.92 Å². The Balaban J connectivity index is 1.84. The minimum absolute atomic E-state index is 0.128. The molecular weight excluding hydrogens is 232 g/mol. The molecule has 104 valence electrons. The number of likely N-dealkylation sites (tertiary alicyclic amines) is 1. The highest BCUT2D eigenvalue weighted by Gasteiger charge is 2.37. The van der Waals surface area contributed by atoms with Crippen molar-refractivity contribution in [2.75, 3.05) is 39.3 Å². The molecule has 2 fully saturated rings. The van der Waals surface area contributed by atoms with E-state index < -0.39 is 5.97 Å². The van der Waals surface area contributed by atoms with Gasteiger partial charge in [-0.25, -0.2) is 0 Å². The Bertz CT molecular complexity index is 298. The number of nitrogens with zero attached hydrogens (tertiary/aromatic N) is 2.